The van der Waals surface area contributed by atoms with Gasteiger partial charge >= 0.3 is 0 Å². The molecular weight excluding hydrogens is 256 g/mol. The Morgan fingerprint density at radius 2 is 2.21 bits per heavy atom. The maximum absolute atomic E-state index is 5.30. The summed E-state index contributed by atoms with van der Waals surface area (Å²) in [6.45, 7) is 4.23. The zero-order valence-electron chi connectivity index (χ0n) is 11.6. The number of aromatic nitrogens is 1. The molecule has 3 N–H and O–H groups in total. The van der Waals surface area contributed by atoms with Crippen molar-refractivity contribution < 1.29 is 0 Å². The van der Waals surface area contributed by atoms with Crippen molar-refractivity contribution in [3.63, 3.8) is 0 Å². The zero-order valence-corrected chi connectivity index (χ0v) is 12.4. The number of nitrogens with one attached hydrogen (secondary N) is 3. The van der Waals surface area contributed by atoms with Gasteiger partial charge in [0.1, 0.15) is 0 Å². The van der Waals surface area contributed by atoms with Crippen LogP contribution in [0.1, 0.15) is 45.2 Å². The van der Waals surface area contributed by atoms with E-state index in [0.29, 0.717) is 17.1 Å². The molecule has 1 saturated carbocycles. The predicted molar refractivity (Wildman–Crippen MR) is 83.3 cm³/mol. The smallest absolute Gasteiger partial charge is 0.187 e. The van der Waals surface area contributed by atoms with Crippen LogP contribution in [0.3, 0.4) is 0 Å². The summed E-state index contributed by atoms with van der Waals surface area (Å²) in [6, 6.07) is 4.42. The lowest BCUT2D eigenvalue weighted by atomic mass is 9.86. The molecule has 0 aromatic carbocycles. The lowest BCUT2D eigenvalue weighted by Gasteiger charge is -2.30. The van der Waals surface area contributed by atoms with Gasteiger partial charge in [-0.1, -0.05) is 19.8 Å². The number of hydrogen-bond donors (Lipinski definition) is 3. The molecule has 1 aromatic rings. The Bertz CT molecular complexity index is 438. The van der Waals surface area contributed by atoms with Crippen LogP contribution in [0.25, 0.3) is 0 Å². The Morgan fingerprint density at radius 3 is 2.89 bits per heavy atom. The van der Waals surface area contributed by atoms with Gasteiger partial charge in [-0.25, -0.2) is 0 Å². The number of H-pyrrole nitrogens is 1. The number of thiocarbonyl (C=S) groups is 1. The fourth-order valence-electron chi connectivity index (χ4n) is 2.48. The first kappa shape index (κ1) is 14.1. The molecule has 4 nitrogen and oxygen atoms in total. The Morgan fingerprint density at radius 1 is 1.42 bits per heavy atom. The van der Waals surface area contributed by atoms with Crippen molar-refractivity contribution in [3.8, 4) is 0 Å². The molecule has 1 aliphatic rings. The van der Waals surface area contributed by atoms with E-state index in [1.54, 1.807) is 0 Å². The first-order valence-electron chi connectivity index (χ1n) is 6.91. The Kier molecular flexibility index (Phi) is 4.96. The van der Waals surface area contributed by atoms with Gasteiger partial charge < -0.3 is 10.3 Å². The van der Waals surface area contributed by atoms with E-state index >= 15 is 0 Å². The van der Waals surface area contributed by atoms with Gasteiger partial charge in [-0.15, -0.1) is 0 Å². The van der Waals surface area contributed by atoms with Gasteiger partial charge in [0.2, 0.25) is 0 Å². The maximum atomic E-state index is 5.30. The van der Waals surface area contributed by atoms with E-state index < -0.39 is 0 Å². The molecule has 2 atom stereocenters. The molecule has 0 unspecified atom stereocenters. The fraction of sp³-hybridized carbons (Fsp3) is 0.571. The van der Waals surface area contributed by atoms with Gasteiger partial charge in [-0.2, -0.15) is 5.10 Å². The van der Waals surface area contributed by atoms with E-state index in [4.69, 9.17) is 12.2 Å². The second kappa shape index (κ2) is 6.70. The standard InChI is InChI=1S/C14H22N4S/c1-10-6-3-4-7-12(10)16-14(19)18-17-11(2)13-8-5-9-15-13/h5,8-10,12,15H,3-4,6-7H2,1-2H3,(H2,16,18,19)/b17-11+/t10-,12+/m1/s1. The van der Waals surface area contributed by atoms with E-state index in [-0.39, 0.29) is 0 Å². The van der Waals surface area contributed by atoms with Crippen LogP contribution >= 0.6 is 12.2 Å². The van der Waals surface area contributed by atoms with Crippen molar-refractivity contribution in [1.29, 1.82) is 0 Å². The molecule has 0 amide bonds. The van der Waals surface area contributed by atoms with E-state index in [2.05, 4.69) is 27.8 Å². The molecule has 1 aliphatic carbocycles. The van der Waals surface area contributed by atoms with E-state index in [0.717, 1.165) is 11.4 Å². The number of hydrogen-bond acceptors (Lipinski definition) is 2. The molecular formula is C14H22N4S. The van der Waals surface area contributed by atoms with Crippen LogP contribution in [0, 0.1) is 5.92 Å². The predicted octanol–water partition coefficient (Wildman–Crippen LogP) is 2.78. The van der Waals surface area contributed by atoms with Crippen molar-refractivity contribution in [2.24, 2.45) is 11.0 Å². The zero-order chi connectivity index (χ0) is 13.7. The molecule has 104 valence electrons. The average Bonchev–Trinajstić information content (AvgIpc) is 2.93. The van der Waals surface area contributed by atoms with Crippen LogP contribution in [0.4, 0.5) is 0 Å². The summed E-state index contributed by atoms with van der Waals surface area (Å²) in [6.07, 6.45) is 6.99. The molecule has 1 heterocycles. The topological polar surface area (TPSA) is 52.2 Å². The van der Waals surface area contributed by atoms with Gasteiger partial charge in [0, 0.05) is 12.2 Å². The quantitative estimate of drug-likeness (QED) is 0.453. The summed E-state index contributed by atoms with van der Waals surface area (Å²) in [5.41, 5.74) is 4.82. The SMILES string of the molecule is C/C(=N\NC(=S)N[C@H]1CCCC[C@H]1C)c1ccc[nH]1. The second-order valence-electron chi connectivity index (χ2n) is 5.23. The molecule has 0 aliphatic heterocycles. The number of rotatable bonds is 3. The molecule has 1 aromatic heterocycles. The number of aromatic amines is 1. The third-order valence-electron chi connectivity index (χ3n) is 3.74. The minimum Gasteiger partial charge on any atom is -0.360 e. The minimum atomic E-state index is 0.481. The average molecular weight is 278 g/mol. The Labute approximate surface area is 120 Å². The summed E-state index contributed by atoms with van der Waals surface area (Å²) in [5.74, 6) is 0.682. The summed E-state index contributed by atoms with van der Waals surface area (Å²) in [7, 11) is 0. The first-order valence-corrected chi connectivity index (χ1v) is 7.32. The molecule has 0 spiro atoms. The highest BCUT2D eigenvalue weighted by molar-refractivity contribution is 7.80. The number of nitrogens with zero attached hydrogens (tertiary/aromatic N) is 1. The highest BCUT2D eigenvalue weighted by Crippen LogP contribution is 2.23. The van der Waals surface area contributed by atoms with Crippen LogP contribution in [0.5, 0.6) is 0 Å². The van der Waals surface area contributed by atoms with Crippen molar-refractivity contribution in [1.82, 2.24) is 15.7 Å². The van der Waals surface area contributed by atoms with Crippen LogP contribution in [-0.2, 0) is 0 Å². The van der Waals surface area contributed by atoms with Crippen LogP contribution < -0.4 is 10.7 Å². The summed E-state index contributed by atoms with van der Waals surface area (Å²) >= 11 is 5.30. The van der Waals surface area contributed by atoms with Gasteiger partial charge in [0.15, 0.2) is 5.11 Å². The molecule has 19 heavy (non-hydrogen) atoms. The van der Waals surface area contributed by atoms with Crippen LogP contribution in [-0.4, -0.2) is 21.8 Å². The van der Waals surface area contributed by atoms with Gasteiger partial charge in [-0.05, 0) is 50.0 Å². The molecule has 0 saturated heterocycles. The highest BCUT2D eigenvalue weighted by atomic mass is 32.1. The Hall–Kier alpha value is -1.36. The molecule has 2 rings (SSSR count). The number of hydrazone groups is 1. The first-order chi connectivity index (χ1) is 9.16. The van der Waals surface area contributed by atoms with E-state index in [1.807, 2.05) is 25.3 Å². The van der Waals surface area contributed by atoms with Crippen molar-refractivity contribution in [2.75, 3.05) is 0 Å². The van der Waals surface area contributed by atoms with Gasteiger partial charge in [-0.3, -0.25) is 5.43 Å². The third kappa shape index (κ3) is 4.06. The minimum absolute atomic E-state index is 0.481. The monoisotopic (exact) mass is 278 g/mol. The molecule has 1 fully saturated rings. The highest BCUT2D eigenvalue weighted by Gasteiger charge is 2.21. The summed E-state index contributed by atoms with van der Waals surface area (Å²) in [4.78, 5) is 3.11. The molecule has 0 bridgehead atoms. The normalized spacial score (nSPS) is 24.0. The van der Waals surface area contributed by atoms with Gasteiger partial charge in [0.05, 0.1) is 11.4 Å². The Balaban J connectivity index is 1.82. The molecule has 5 heteroatoms. The van der Waals surface area contributed by atoms with Crippen molar-refractivity contribution in [3.05, 3.63) is 24.0 Å². The lowest BCUT2D eigenvalue weighted by molar-refractivity contribution is 0.308. The van der Waals surface area contributed by atoms with E-state index in [9.17, 15) is 0 Å². The van der Waals surface area contributed by atoms with Crippen molar-refractivity contribution >= 4 is 23.0 Å². The third-order valence-corrected chi connectivity index (χ3v) is 3.95. The van der Waals surface area contributed by atoms with Crippen LogP contribution in [0.2, 0.25) is 0 Å². The molecule has 0 radical (unpaired) electrons. The summed E-state index contributed by atoms with van der Waals surface area (Å²) < 4.78 is 0. The lowest BCUT2D eigenvalue weighted by Crippen LogP contribution is -2.44. The second-order valence-corrected chi connectivity index (χ2v) is 5.64. The fourth-order valence-corrected chi connectivity index (χ4v) is 2.68. The van der Waals surface area contributed by atoms with Crippen molar-refractivity contribution in [2.45, 2.75) is 45.6 Å². The van der Waals surface area contributed by atoms with Crippen LogP contribution in [0.15, 0.2) is 23.4 Å². The maximum Gasteiger partial charge on any atom is 0.187 e. The van der Waals surface area contributed by atoms with Gasteiger partial charge in [0.25, 0.3) is 0 Å². The largest absolute Gasteiger partial charge is 0.360 e. The van der Waals surface area contributed by atoms with E-state index in [1.165, 1.54) is 25.7 Å². The summed E-state index contributed by atoms with van der Waals surface area (Å²) in [5, 5.41) is 8.28.